The Labute approximate surface area is 115 Å². The molecule has 0 aliphatic heterocycles. The Hall–Kier alpha value is -1.10. The van der Waals surface area contributed by atoms with Crippen LogP contribution in [0.1, 0.15) is 52.9 Å². The summed E-state index contributed by atoms with van der Waals surface area (Å²) >= 11 is 0. The molecular weight excluding hydrogens is 242 g/mol. The smallest absolute Gasteiger partial charge is 0.237 e. The Balaban J connectivity index is 2.12. The van der Waals surface area contributed by atoms with Crippen LogP contribution >= 0.6 is 0 Å². The van der Waals surface area contributed by atoms with Crippen LogP contribution in [0.3, 0.4) is 0 Å². The monoisotopic (exact) mass is 269 g/mol. The minimum absolute atomic E-state index is 0.0105. The Bertz CT molecular complexity index is 299. The first-order valence-electron chi connectivity index (χ1n) is 7.39. The number of carbonyl (C=O) groups is 2. The first-order valence-corrected chi connectivity index (χ1v) is 7.39. The average molecular weight is 269 g/mol. The highest BCUT2D eigenvalue weighted by molar-refractivity contribution is 5.81. The molecule has 2 amide bonds. The zero-order valence-electron chi connectivity index (χ0n) is 12.3. The fourth-order valence-corrected chi connectivity index (χ4v) is 1.84. The van der Waals surface area contributed by atoms with Gasteiger partial charge in [0.25, 0.3) is 0 Å². The van der Waals surface area contributed by atoms with E-state index in [1.807, 2.05) is 6.92 Å². The van der Waals surface area contributed by atoms with Gasteiger partial charge in [0.1, 0.15) is 0 Å². The molecule has 0 aromatic carbocycles. The maximum atomic E-state index is 11.9. The van der Waals surface area contributed by atoms with Crippen LogP contribution in [0.2, 0.25) is 0 Å². The van der Waals surface area contributed by atoms with E-state index in [0.29, 0.717) is 19.0 Å². The molecule has 0 aromatic rings. The number of carbonyl (C=O) groups excluding carboxylic acids is 2. The first kappa shape index (κ1) is 16.0. The van der Waals surface area contributed by atoms with Crippen LogP contribution in [0, 0.1) is 0 Å². The van der Waals surface area contributed by atoms with Crippen molar-refractivity contribution >= 4 is 11.8 Å². The maximum absolute atomic E-state index is 11.9. The summed E-state index contributed by atoms with van der Waals surface area (Å²) in [6, 6.07) is 0.396. The van der Waals surface area contributed by atoms with Gasteiger partial charge in [0, 0.05) is 25.0 Å². The fraction of sp³-hybridized carbons (Fsp3) is 0.857. The SMILES string of the molecule is CCC(CC)NC(=O)C(C)NCCC(=O)NC1CC1. The van der Waals surface area contributed by atoms with E-state index >= 15 is 0 Å². The molecule has 1 unspecified atom stereocenters. The molecule has 1 rings (SSSR count). The quantitative estimate of drug-likeness (QED) is 0.583. The average Bonchev–Trinajstić information content (AvgIpc) is 3.19. The molecule has 0 bridgehead atoms. The van der Waals surface area contributed by atoms with Crippen molar-refractivity contribution in [2.45, 2.75) is 71.0 Å². The van der Waals surface area contributed by atoms with Gasteiger partial charge in [-0.2, -0.15) is 0 Å². The van der Waals surface area contributed by atoms with Crippen LogP contribution in [0.25, 0.3) is 0 Å². The highest BCUT2D eigenvalue weighted by Crippen LogP contribution is 2.18. The summed E-state index contributed by atoms with van der Waals surface area (Å²) in [5.74, 6) is 0.0823. The summed E-state index contributed by atoms with van der Waals surface area (Å²) in [6.45, 7) is 6.50. The predicted octanol–water partition coefficient (Wildman–Crippen LogP) is 0.938. The Morgan fingerprint density at radius 2 is 1.84 bits per heavy atom. The number of hydrogen-bond acceptors (Lipinski definition) is 3. The molecule has 0 aromatic heterocycles. The van der Waals surface area contributed by atoms with Gasteiger partial charge in [0.2, 0.25) is 11.8 Å². The van der Waals surface area contributed by atoms with E-state index in [9.17, 15) is 9.59 Å². The molecule has 1 aliphatic rings. The van der Waals surface area contributed by atoms with Crippen molar-refractivity contribution in [3.63, 3.8) is 0 Å². The lowest BCUT2D eigenvalue weighted by atomic mass is 10.1. The van der Waals surface area contributed by atoms with E-state index in [1.165, 1.54) is 0 Å². The van der Waals surface area contributed by atoms with Crippen LogP contribution < -0.4 is 16.0 Å². The third kappa shape index (κ3) is 6.57. The van der Waals surface area contributed by atoms with Crippen LogP contribution in [-0.2, 0) is 9.59 Å². The number of nitrogens with one attached hydrogen (secondary N) is 3. The van der Waals surface area contributed by atoms with Gasteiger partial charge in [-0.3, -0.25) is 9.59 Å². The van der Waals surface area contributed by atoms with Gasteiger partial charge < -0.3 is 16.0 Å². The second-order valence-corrected chi connectivity index (χ2v) is 5.29. The Kier molecular flexibility index (Phi) is 6.84. The summed E-state index contributed by atoms with van der Waals surface area (Å²) in [4.78, 5) is 23.3. The van der Waals surface area contributed by atoms with Crippen molar-refractivity contribution in [3.8, 4) is 0 Å². The van der Waals surface area contributed by atoms with Crippen molar-refractivity contribution in [2.24, 2.45) is 0 Å². The van der Waals surface area contributed by atoms with E-state index in [2.05, 4.69) is 29.8 Å². The van der Waals surface area contributed by atoms with Crippen LogP contribution in [0.15, 0.2) is 0 Å². The van der Waals surface area contributed by atoms with E-state index in [4.69, 9.17) is 0 Å². The third-order valence-electron chi connectivity index (χ3n) is 3.47. The summed E-state index contributed by atoms with van der Waals surface area (Å²) in [5.41, 5.74) is 0. The third-order valence-corrected chi connectivity index (χ3v) is 3.47. The zero-order chi connectivity index (χ0) is 14.3. The lowest BCUT2D eigenvalue weighted by Crippen LogP contribution is -2.46. The standard InChI is InChI=1S/C14H27N3O2/c1-4-11(5-2)17-14(19)10(3)15-9-8-13(18)16-12-6-7-12/h10-12,15H,4-9H2,1-3H3,(H,16,18)(H,17,19). The molecule has 3 N–H and O–H groups in total. The molecule has 0 spiro atoms. The fourth-order valence-electron chi connectivity index (χ4n) is 1.84. The normalized spacial score (nSPS) is 16.2. The van der Waals surface area contributed by atoms with Crippen molar-refractivity contribution in [2.75, 3.05) is 6.54 Å². The Morgan fingerprint density at radius 3 is 2.37 bits per heavy atom. The second-order valence-electron chi connectivity index (χ2n) is 5.29. The van der Waals surface area contributed by atoms with Gasteiger partial charge in [-0.1, -0.05) is 13.8 Å². The summed E-state index contributed by atoms with van der Waals surface area (Å²) in [6.07, 6.45) is 4.53. The lowest BCUT2D eigenvalue weighted by Gasteiger charge is -2.19. The van der Waals surface area contributed by atoms with E-state index in [1.54, 1.807) is 0 Å². The van der Waals surface area contributed by atoms with Gasteiger partial charge in [-0.25, -0.2) is 0 Å². The molecule has 0 heterocycles. The van der Waals surface area contributed by atoms with Crippen molar-refractivity contribution in [1.82, 2.24) is 16.0 Å². The number of rotatable bonds is 9. The molecule has 19 heavy (non-hydrogen) atoms. The number of hydrogen-bond donors (Lipinski definition) is 3. The topological polar surface area (TPSA) is 70.2 Å². The lowest BCUT2D eigenvalue weighted by molar-refractivity contribution is -0.124. The molecule has 1 aliphatic carbocycles. The highest BCUT2D eigenvalue weighted by Gasteiger charge is 2.23. The maximum Gasteiger partial charge on any atom is 0.237 e. The second kappa shape index (κ2) is 8.15. The van der Waals surface area contributed by atoms with Gasteiger partial charge in [0.15, 0.2) is 0 Å². The van der Waals surface area contributed by atoms with Gasteiger partial charge >= 0.3 is 0 Å². The van der Waals surface area contributed by atoms with Crippen molar-refractivity contribution < 1.29 is 9.59 Å². The molecular formula is C14H27N3O2. The number of amides is 2. The molecule has 5 heteroatoms. The molecule has 5 nitrogen and oxygen atoms in total. The summed E-state index contributed by atoms with van der Waals surface area (Å²) < 4.78 is 0. The highest BCUT2D eigenvalue weighted by atomic mass is 16.2. The molecule has 110 valence electrons. The largest absolute Gasteiger partial charge is 0.353 e. The summed E-state index contributed by atoms with van der Waals surface area (Å²) in [5, 5.41) is 9.01. The van der Waals surface area contributed by atoms with Crippen molar-refractivity contribution in [1.29, 1.82) is 0 Å². The van der Waals surface area contributed by atoms with Gasteiger partial charge in [0.05, 0.1) is 6.04 Å². The molecule has 0 radical (unpaired) electrons. The minimum atomic E-state index is -0.255. The molecule has 1 fully saturated rings. The predicted molar refractivity (Wildman–Crippen MR) is 75.8 cm³/mol. The zero-order valence-corrected chi connectivity index (χ0v) is 12.3. The Morgan fingerprint density at radius 1 is 1.21 bits per heavy atom. The molecule has 1 atom stereocenters. The molecule has 1 saturated carbocycles. The van der Waals surface area contributed by atoms with E-state index in [0.717, 1.165) is 25.7 Å². The van der Waals surface area contributed by atoms with Gasteiger partial charge in [-0.15, -0.1) is 0 Å². The van der Waals surface area contributed by atoms with E-state index < -0.39 is 0 Å². The van der Waals surface area contributed by atoms with Gasteiger partial charge in [-0.05, 0) is 32.6 Å². The van der Waals surface area contributed by atoms with Crippen LogP contribution in [0.4, 0.5) is 0 Å². The molecule has 0 saturated heterocycles. The first-order chi connectivity index (χ1) is 9.06. The van der Waals surface area contributed by atoms with Crippen LogP contribution in [0.5, 0.6) is 0 Å². The van der Waals surface area contributed by atoms with Crippen LogP contribution in [-0.4, -0.2) is 36.5 Å². The van der Waals surface area contributed by atoms with E-state index in [-0.39, 0.29) is 23.9 Å². The summed E-state index contributed by atoms with van der Waals surface area (Å²) in [7, 11) is 0. The van der Waals surface area contributed by atoms with Crippen molar-refractivity contribution in [3.05, 3.63) is 0 Å². The minimum Gasteiger partial charge on any atom is -0.353 e.